The molecule has 1 heterocycles. The summed E-state index contributed by atoms with van der Waals surface area (Å²) in [5.74, 6) is 0. The highest BCUT2D eigenvalue weighted by Gasteiger charge is 2.19. The van der Waals surface area contributed by atoms with Crippen molar-refractivity contribution in [3.63, 3.8) is 0 Å². The molecule has 1 aromatic heterocycles. The number of hydrogen-bond acceptors (Lipinski definition) is 1. The lowest BCUT2D eigenvalue weighted by Gasteiger charge is -2.07. The van der Waals surface area contributed by atoms with Crippen molar-refractivity contribution in [1.29, 1.82) is 0 Å². The molecule has 3 rings (SSSR count). The molecule has 2 heteroatoms. The Hall–Kier alpha value is -1.80. The van der Waals surface area contributed by atoms with Crippen molar-refractivity contribution in [1.82, 2.24) is 0 Å². The molecule has 3 aromatic rings. The number of nitrogens with zero attached hydrogens (tertiary/aromatic N) is 1. The molecule has 0 saturated heterocycles. The van der Waals surface area contributed by atoms with E-state index in [0.717, 1.165) is 0 Å². The summed E-state index contributed by atoms with van der Waals surface area (Å²) in [6.45, 7) is 2.18. The number of pyridine rings is 1. The largest absolute Gasteiger partial charge is 0.246 e. The van der Waals surface area contributed by atoms with Crippen LogP contribution in [0.5, 0.6) is 0 Å². The molecule has 0 aliphatic carbocycles. The lowest BCUT2D eigenvalue weighted by atomic mass is 10.1. The number of rotatable bonds is 2. The second-order valence-corrected chi connectivity index (χ2v) is 5.38. The minimum absolute atomic E-state index is 1.21. The average Bonchev–Trinajstić information content (AvgIpc) is 2.48. The maximum absolute atomic E-state index is 2.33. The molecule has 0 N–H and O–H groups in total. The lowest BCUT2D eigenvalue weighted by Crippen LogP contribution is -2.34. The van der Waals surface area contributed by atoms with Gasteiger partial charge in [0.2, 0.25) is 16.2 Å². The number of aromatic nitrogens is 1. The van der Waals surface area contributed by atoms with Gasteiger partial charge in [-0.2, -0.15) is 0 Å². The summed E-state index contributed by atoms with van der Waals surface area (Å²) < 4.78 is 2.33. The molecule has 0 amide bonds. The van der Waals surface area contributed by atoms with Crippen molar-refractivity contribution in [2.45, 2.75) is 11.9 Å². The van der Waals surface area contributed by atoms with E-state index < -0.39 is 0 Å². The van der Waals surface area contributed by atoms with Crippen LogP contribution in [0.15, 0.2) is 65.7 Å². The Labute approximate surface area is 117 Å². The summed E-state index contributed by atoms with van der Waals surface area (Å²) in [5.41, 5.74) is 3.80. The summed E-state index contributed by atoms with van der Waals surface area (Å²) in [6, 6.07) is 21.4. The van der Waals surface area contributed by atoms with E-state index in [4.69, 9.17) is 0 Å². The van der Waals surface area contributed by atoms with Gasteiger partial charge in [-0.25, -0.2) is 0 Å². The second-order valence-electron chi connectivity index (χ2n) is 4.56. The molecular formula is C17H16NS+. The van der Waals surface area contributed by atoms with Crippen molar-refractivity contribution in [3.05, 3.63) is 66.2 Å². The van der Waals surface area contributed by atoms with E-state index in [1.807, 2.05) is 0 Å². The van der Waals surface area contributed by atoms with Crippen molar-refractivity contribution in [3.8, 4) is 5.69 Å². The molecule has 0 unspecified atom stereocenters. The van der Waals surface area contributed by atoms with Crippen LogP contribution in [-0.2, 0) is 0 Å². The molecule has 0 aliphatic rings. The van der Waals surface area contributed by atoms with Crippen molar-refractivity contribution in [2.75, 3.05) is 6.26 Å². The van der Waals surface area contributed by atoms with E-state index in [2.05, 4.69) is 78.4 Å². The van der Waals surface area contributed by atoms with Crippen molar-refractivity contribution < 1.29 is 4.57 Å². The van der Waals surface area contributed by atoms with Crippen molar-refractivity contribution >= 4 is 22.7 Å². The predicted octanol–water partition coefficient (Wildman–Crippen LogP) is 4.15. The first-order valence-corrected chi connectivity index (χ1v) is 7.57. The summed E-state index contributed by atoms with van der Waals surface area (Å²) in [5, 5.41) is 2.58. The fourth-order valence-electron chi connectivity index (χ4n) is 2.44. The fraction of sp³-hybridized carbons (Fsp3) is 0.118. The number of fused-ring (bicyclic) bond motifs is 1. The van der Waals surface area contributed by atoms with Gasteiger partial charge < -0.3 is 0 Å². The van der Waals surface area contributed by atoms with Crippen LogP contribution in [0.3, 0.4) is 0 Å². The Balaban J connectivity index is 2.42. The first-order valence-electron chi connectivity index (χ1n) is 6.35. The van der Waals surface area contributed by atoms with Crippen LogP contribution in [0.4, 0.5) is 0 Å². The van der Waals surface area contributed by atoms with Crippen LogP contribution < -0.4 is 4.57 Å². The monoisotopic (exact) mass is 266 g/mol. The van der Waals surface area contributed by atoms with Crippen LogP contribution in [-0.4, -0.2) is 6.26 Å². The number of hydrogen-bond donors (Lipinski definition) is 0. The van der Waals surface area contributed by atoms with Gasteiger partial charge in [-0.1, -0.05) is 42.1 Å². The van der Waals surface area contributed by atoms with Gasteiger partial charge in [0.15, 0.2) is 0 Å². The standard InChI is InChI=1S/C17H16NS/c1-13-12-17(19-2)18(14-8-4-3-5-9-14)16-11-7-6-10-15(13)16/h3-12H,1-2H3/q+1. The molecular weight excluding hydrogens is 250 g/mol. The average molecular weight is 266 g/mol. The van der Waals surface area contributed by atoms with E-state index in [1.54, 1.807) is 11.8 Å². The Morgan fingerprint density at radius 2 is 1.58 bits per heavy atom. The number of aryl methyl sites for hydroxylation is 1. The summed E-state index contributed by atoms with van der Waals surface area (Å²) in [4.78, 5) is 0. The number of thioether (sulfide) groups is 1. The summed E-state index contributed by atoms with van der Waals surface area (Å²) in [6.07, 6.45) is 2.13. The molecule has 19 heavy (non-hydrogen) atoms. The fourth-order valence-corrected chi connectivity index (χ4v) is 3.12. The Kier molecular flexibility index (Phi) is 3.26. The molecule has 1 nitrogen and oxygen atoms in total. The highest BCUT2D eigenvalue weighted by Crippen LogP contribution is 2.22. The number of benzene rings is 2. The van der Waals surface area contributed by atoms with Crippen LogP contribution >= 0.6 is 11.8 Å². The SMILES string of the molecule is CSc1cc(C)c2ccccc2[n+]1-c1ccccc1. The van der Waals surface area contributed by atoms with Gasteiger partial charge in [0.1, 0.15) is 0 Å². The van der Waals surface area contributed by atoms with E-state index in [-0.39, 0.29) is 0 Å². The smallest absolute Gasteiger partial charge is 0.147 e. The van der Waals surface area contributed by atoms with Crippen LogP contribution in [0.1, 0.15) is 5.56 Å². The first kappa shape index (κ1) is 12.2. The van der Waals surface area contributed by atoms with Gasteiger partial charge in [-0.15, -0.1) is 4.57 Å². The van der Waals surface area contributed by atoms with Crippen LogP contribution in [0.25, 0.3) is 16.6 Å². The van der Waals surface area contributed by atoms with Gasteiger partial charge in [-0.3, -0.25) is 0 Å². The van der Waals surface area contributed by atoms with Gasteiger partial charge in [-0.05, 0) is 24.8 Å². The maximum Gasteiger partial charge on any atom is 0.246 e. The first-order chi connectivity index (χ1) is 9.31. The molecule has 0 fully saturated rings. The molecule has 0 atom stereocenters. The third-order valence-electron chi connectivity index (χ3n) is 3.35. The van der Waals surface area contributed by atoms with Gasteiger partial charge in [0, 0.05) is 29.7 Å². The summed E-state index contributed by atoms with van der Waals surface area (Å²) >= 11 is 1.78. The quantitative estimate of drug-likeness (QED) is 0.498. The highest BCUT2D eigenvalue weighted by atomic mass is 32.2. The zero-order valence-electron chi connectivity index (χ0n) is 11.1. The maximum atomic E-state index is 2.33. The zero-order valence-corrected chi connectivity index (χ0v) is 11.9. The number of para-hydroxylation sites is 2. The molecule has 0 bridgehead atoms. The predicted molar refractivity (Wildman–Crippen MR) is 82.0 cm³/mol. The second kappa shape index (κ2) is 5.06. The van der Waals surface area contributed by atoms with E-state index in [0.29, 0.717) is 0 Å². The van der Waals surface area contributed by atoms with Crippen LogP contribution in [0, 0.1) is 6.92 Å². The molecule has 2 aromatic carbocycles. The third-order valence-corrected chi connectivity index (χ3v) is 4.07. The van der Waals surface area contributed by atoms with Gasteiger partial charge in [0.05, 0.1) is 0 Å². The molecule has 0 spiro atoms. The Morgan fingerprint density at radius 3 is 2.32 bits per heavy atom. The summed E-state index contributed by atoms with van der Waals surface area (Å²) in [7, 11) is 0. The lowest BCUT2D eigenvalue weighted by molar-refractivity contribution is -0.608. The van der Waals surface area contributed by atoms with E-state index in [1.165, 1.54) is 27.2 Å². The Morgan fingerprint density at radius 1 is 0.895 bits per heavy atom. The van der Waals surface area contributed by atoms with Gasteiger partial charge in [0.25, 0.3) is 0 Å². The van der Waals surface area contributed by atoms with E-state index >= 15 is 0 Å². The molecule has 94 valence electrons. The zero-order chi connectivity index (χ0) is 13.2. The third kappa shape index (κ3) is 2.13. The van der Waals surface area contributed by atoms with E-state index in [9.17, 15) is 0 Å². The topological polar surface area (TPSA) is 3.88 Å². The molecule has 0 radical (unpaired) electrons. The molecule has 0 aliphatic heterocycles. The minimum atomic E-state index is 1.21. The normalized spacial score (nSPS) is 10.8. The van der Waals surface area contributed by atoms with Crippen molar-refractivity contribution in [2.24, 2.45) is 0 Å². The minimum Gasteiger partial charge on any atom is -0.147 e. The van der Waals surface area contributed by atoms with Crippen LogP contribution in [0.2, 0.25) is 0 Å². The highest BCUT2D eigenvalue weighted by molar-refractivity contribution is 7.98. The Bertz CT molecular complexity index is 720. The van der Waals surface area contributed by atoms with Gasteiger partial charge >= 0.3 is 0 Å². The molecule has 0 saturated carbocycles.